The first-order valence-electron chi connectivity index (χ1n) is 3.36. The number of nitrogens with two attached hydrogens (primary N) is 1. The molecule has 2 heterocycles. The van der Waals surface area contributed by atoms with E-state index >= 15 is 0 Å². The molecule has 2 aromatic heterocycles. The number of fused-ring (bicyclic) bond motifs is 1. The summed E-state index contributed by atoms with van der Waals surface area (Å²) in [6.07, 6.45) is 1.98. The topological polar surface area (TPSA) is 51.8 Å². The number of hydrogen-bond donors (Lipinski definition) is 1. The van der Waals surface area contributed by atoms with Crippen LogP contribution >= 0.6 is 23.1 Å². The van der Waals surface area contributed by atoms with Crippen LogP contribution in [0.4, 0.5) is 5.95 Å². The molecule has 0 aliphatic rings. The summed E-state index contributed by atoms with van der Waals surface area (Å²) in [6, 6.07) is 2.02. The zero-order valence-electron chi connectivity index (χ0n) is 6.44. The van der Waals surface area contributed by atoms with E-state index in [2.05, 4.69) is 9.97 Å². The van der Waals surface area contributed by atoms with E-state index in [-0.39, 0.29) is 0 Å². The van der Waals surface area contributed by atoms with E-state index in [1.807, 2.05) is 17.7 Å². The number of nitrogens with zero attached hydrogens (tertiary/aromatic N) is 2. The fourth-order valence-corrected chi connectivity index (χ4v) is 2.40. The minimum Gasteiger partial charge on any atom is -0.368 e. The summed E-state index contributed by atoms with van der Waals surface area (Å²) in [5.41, 5.74) is 5.53. The maximum Gasteiger partial charge on any atom is 0.222 e. The molecule has 5 heteroatoms. The Labute approximate surface area is 78.0 Å². The molecule has 12 heavy (non-hydrogen) atoms. The molecular weight excluding hydrogens is 190 g/mol. The van der Waals surface area contributed by atoms with Gasteiger partial charge in [-0.2, -0.15) is 0 Å². The Hall–Kier alpha value is -0.810. The zero-order valence-corrected chi connectivity index (χ0v) is 8.08. The highest BCUT2D eigenvalue weighted by Gasteiger charge is 2.04. The van der Waals surface area contributed by atoms with Crippen LogP contribution in [0, 0.1) is 0 Å². The van der Waals surface area contributed by atoms with Crippen molar-refractivity contribution < 1.29 is 0 Å². The van der Waals surface area contributed by atoms with Crippen molar-refractivity contribution in [1.29, 1.82) is 0 Å². The third kappa shape index (κ3) is 1.15. The van der Waals surface area contributed by atoms with Gasteiger partial charge in [0.1, 0.15) is 9.86 Å². The van der Waals surface area contributed by atoms with E-state index in [4.69, 9.17) is 5.73 Å². The molecule has 2 rings (SSSR count). The number of aromatic nitrogens is 2. The van der Waals surface area contributed by atoms with Crippen molar-refractivity contribution in [2.75, 3.05) is 12.0 Å². The molecule has 0 saturated carbocycles. The maximum atomic E-state index is 5.53. The number of thiophene rings is 1. The summed E-state index contributed by atoms with van der Waals surface area (Å²) in [5.74, 6) is 0.356. The summed E-state index contributed by atoms with van der Waals surface area (Å²) in [4.78, 5) is 9.21. The van der Waals surface area contributed by atoms with Gasteiger partial charge in [0.15, 0.2) is 0 Å². The SMILES string of the molecule is CSc1nc(N)nc2sccc12. The molecular formula is C7H7N3S2. The second-order valence-corrected chi connectivity index (χ2v) is 3.92. The van der Waals surface area contributed by atoms with E-state index < -0.39 is 0 Å². The zero-order chi connectivity index (χ0) is 8.55. The van der Waals surface area contributed by atoms with Gasteiger partial charge in [0.05, 0.1) is 0 Å². The maximum absolute atomic E-state index is 5.53. The molecule has 0 aromatic carbocycles. The molecule has 0 unspecified atom stereocenters. The Kier molecular flexibility index (Phi) is 1.90. The van der Waals surface area contributed by atoms with Gasteiger partial charge in [-0.25, -0.2) is 9.97 Å². The lowest BCUT2D eigenvalue weighted by molar-refractivity contribution is 1.13. The lowest BCUT2D eigenvalue weighted by atomic mass is 10.4. The molecule has 0 fully saturated rings. The normalized spacial score (nSPS) is 10.8. The third-order valence-corrected chi connectivity index (χ3v) is 3.01. The predicted molar refractivity (Wildman–Crippen MR) is 53.6 cm³/mol. The van der Waals surface area contributed by atoms with Crippen molar-refractivity contribution >= 4 is 39.3 Å². The molecule has 0 spiro atoms. The monoisotopic (exact) mass is 197 g/mol. The van der Waals surface area contributed by atoms with Gasteiger partial charge in [-0.15, -0.1) is 23.1 Å². The van der Waals surface area contributed by atoms with Crippen molar-refractivity contribution in [3.8, 4) is 0 Å². The number of hydrogen-bond acceptors (Lipinski definition) is 5. The van der Waals surface area contributed by atoms with Crippen LogP contribution < -0.4 is 5.73 Å². The van der Waals surface area contributed by atoms with Crippen molar-refractivity contribution in [2.45, 2.75) is 5.03 Å². The molecule has 0 aliphatic carbocycles. The Morgan fingerprint density at radius 1 is 1.50 bits per heavy atom. The number of rotatable bonds is 1. The summed E-state index contributed by atoms with van der Waals surface area (Å²) in [6.45, 7) is 0. The summed E-state index contributed by atoms with van der Waals surface area (Å²) in [7, 11) is 0. The molecule has 2 N–H and O–H groups in total. The van der Waals surface area contributed by atoms with E-state index in [0.717, 1.165) is 15.2 Å². The predicted octanol–water partition coefficient (Wildman–Crippen LogP) is 2.00. The first-order valence-corrected chi connectivity index (χ1v) is 5.46. The molecule has 0 atom stereocenters. The number of anilines is 1. The van der Waals surface area contributed by atoms with Crippen LogP contribution in [0.25, 0.3) is 10.2 Å². The molecule has 0 radical (unpaired) electrons. The second-order valence-electron chi connectivity index (χ2n) is 2.23. The highest BCUT2D eigenvalue weighted by atomic mass is 32.2. The fourth-order valence-electron chi connectivity index (χ4n) is 1.000. The smallest absolute Gasteiger partial charge is 0.222 e. The van der Waals surface area contributed by atoms with Crippen molar-refractivity contribution in [1.82, 2.24) is 9.97 Å². The molecule has 0 saturated heterocycles. The standard InChI is InChI=1S/C7H7N3S2/c1-11-5-4-2-3-12-6(4)10-7(8)9-5/h2-3H,1H3,(H2,8,9,10). The minimum absolute atomic E-state index is 0.356. The lowest BCUT2D eigenvalue weighted by Gasteiger charge is -1.98. The summed E-state index contributed by atoms with van der Waals surface area (Å²) >= 11 is 3.18. The Morgan fingerprint density at radius 2 is 2.33 bits per heavy atom. The van der Waals surface area contributed by atoms with Crippen LogP contribution in [0.15, 0.2) is 16.5 Å². The second kappa shape index (κ2) is 2.91. The first kappa shape index (κ1) is 7.82. The molecule has 0 aliphatic heterocycles. The van der Waals surface area contributed by atoms with Crippen LogP contribution in [-0.4, -0.2) is 16.2 Å². The quantitative estimate of drug-likeness (QED) is 0.561. The number of nitrogen functional groups attached to an aromatic ring is 1. The molecule has 3 nitrogen and oxygen atoms in total. The Bertz CT molecular complexity index is 410. The van der Waals surface area contributed by atoms with Gasteiger partial charge in [0.25, 0.3) is 0 Å². The van der Waals surface area contributed by atoms with Crippen LogP contribution in [0.5, 0.6) is 0 Å². The molecule has 0 bridgehead atoms. The highest BCUT2D eigenvalue weighted by molar-refractivity contribution is 7.98. The highest BCUT2D eigenvalue weighted by Crippen LogP contribution is 2.27. The van der Waals surface area contributed by atoms with Gasteiger partial charge >= 0.3 is 0 Å². The fraction of sp³-hybridized carbons (Fsp3) is 0.143. The van der Waals surface area contributed by atoms with E-state index in [1.165, 1.54) is 0 Å². The van der Waals surface area contributed by atoms with E-state index in [9.17, 15) is 0 Å². The minimum atomic E-state index is 0.356. The average molecular weight is 197 g/mol. The Morgan fingerprint density at radius 3 is 3.08 bits per heavy atom. The van der Waals surface area contributed by atoms with E-state index in [1.54, 1.807) is 23.1 Å². The first-order chi connectivity index (χ1) is 5.81. The van der Waals surface area contributed by atoms with Crippen molar-refractivity contribution in [2.24, 2.45) is 0 Å². The van der Waals surface area contributed by atoms with Crippen molar-refractivity contribution in [3.05, 3.63) is 11.4 Å². The van der Waals surface area contributed by atoms with Crippen molar-refractivity contribution in [3.63, 3.8) is 0 Å². The summed E-state index contributed by atoms with van der Waals surface area (Å²) < 4.78 is 0. The van der Waals surface area contributed by atoms with Crippen LogP contribution in [0.1, 0.15) is 0 Å². The van der Waals surface area contributed by atoms with Gasteiger partial charge < -0.3 is 5.73 Å². The van der Waals surface area contributed by atoms with Gasteiger partial charge in [-0.05, 0) is 17.7 Å². The van der Waals surface area contributed by atoms with Crippen LogP contribution in [0.2, 0.25) is 0 Å². The Balaban J connectivity index is 2.80. The lowest BCUT2D eigenvalue weighted by Crippen LogP contribution is -1.94. The van der Waals surface area contributed by atoms with Gasteiger partial charge in [-0.1, -0.05) is 0 Å². The molecule has 62 valence electrons. The average Bonchev–Trinajstić information content (AvgIpc) is 2.50. The molecule has 0 amide bonds. The van der Waals surface area contributed by atoms with Crippen LogP contribution in [0.3, 0.4) is 0 Å². The van der Waals surface area contributed by atoms with Gasteiger partial charge in [0.2, 0.25) is 5.95 Å². The summed E-state index contributed by atoms with van der Waals surface area (Å²) in [5, 5.41) is 4.05. The molecule has 2 aromatic rings. The van der Waals surface area contributed by atoms with Gasteiger partial charge in [0, 0.05) is 5.39 Å². The number of thioether (sulfide) groups is 1. The third-order valence-electron chi connectivity index (χ3n) is 1.50. The largest absolute Gasteiger partial charge is 0.368 e. The van der Waals surface area contributed by atoms with Gasteiger partial charge in [-0.3, -0.25) is 0 Å². The van der Waals surface area contributed by atoms with Crippen LogP contribution in [-0.2, 0) is 0 Å². The van der Waals surface area contributed by atoms with E-state index in [0.29, 0.717) is 5.95 Å².